The predicted octanol–water partition coefficient (Wildman–Crippen LogP) is 4.64. The lowest BCUT2D eigenvalue weighted by molar-refractivity contribution is -0.119. The van der Waals surface area contributed by atoms with Crippen molar-refractivity contribution in [1.82, 2.24) is 5.32 Å². The summed E-state index contributed by atoms with van der Waals surface area (Å²) in [5, 5.41) is 3.11. The first-order valence-electron chi connectivity index (χ1n) is 8.81. The fraction of sp³-hybridized carbons (Fsp3) is 0.0952. The summed E-state index contributed by atoms with van der Waals surface area (Å²) in [5.41, 5.74) is 0.835. The summed E-state index contributed by atoms with van der Waals surface area (Å²) in [7, 11) is -4.07. The Bertz CT molecular complexity index is 1120. The summed E-state index contributed by atoms with van der Waals surface area (Å²) in [6, 6.07) is 17.7. The Morgan fingerprint density at radius 3 is 2.13 bits per heavy atom. The Balaban J connectivity index is 1.87. The molecular weight excluding hydrogens is 450 g/mol. The molecule has 0 unspecified atom stereocenters. The fourth-order valence-corrected chi connectivity index (χ4v) is 4.65. The van der Waals surface area contributed by atoms with E-state index >= 15 is 0 Å². The third kappa shape index (κ3) is 5.50. The van der Waals surface area contributed by atoms with Gasteiger partial charge in [0, 0.05) is 16.6 Å². The van der Waals surface area contributed by atoms with Crippen LogP contribution in [0, 0.1) is 5.82 Å². The van der Waals surface area contributed by atoms with E-state index in [2.05, 4.69) is 5.32 Å². The normalized spacial score (nSPS) is 11.2. The van der Waals surface area contributed by atoms with Crippen LogP contribution in [0.2, 0.25) is 10.0 Å². The summed E-state index contributed by atoms with van der Waals surface area (Å²) in [5.74, 6) is -0.932. The number of amides is 1. The Morgan fingerprint density at radius 1 is 0.933 bits per heavy atom. The number of carbonyl (C=O) groups is 1. The van der Waals surface area contributed by atoms with Crippen LogP contribution in [0.25, 0.3) is 0 Å². The maximum atomic E-state index is 13.2. The first-order chi connectivity index (χ1) is 14.3. The van der Waals surface area contributed by atoms with E-state index in [-0.39, 0.29) is 33.0 Å². The number of nitrogens with zero attached hydrogens (tertiary/aromatic N) is 1. The van der Waals surface area contributed by atoms with E-state index in [1.54, 1.807) is 18.2 Å². The number of hydrogen-bond acceptors (Lipinski definition) is 3. The number of benzene rings is 3. The van der Waals surface area contributed by atoms with Crippen LogP contribution in [0.4, 0.5) is 10.1 Å². The second-order valence-corrected chi connectivity index (χ2v) is 9.09. The monoisotopic (exact) mass is 466 g/mol. The quantitative estimate of drug-likeness (QED) is 0.551. The summed E-state index contributed by atoms with van der Waals surface area (Å²) in [6.07, 6.45) is 0. The van der Waals surface area contributed by atoms with Crippen molar-refractivity contribution in [3.63, 3.8) is 0 Å². The number of nitrogens with one attached hydrogen (secondary N) is 1. The lowest BCUT2D eigenvalue weighted by Gasteiger charge is -2.24. The van der Waals surface area contributed by atoms with Gasteiger partial charge in [0.2, 0.25) is 5.91 Å². The molecule has 0 saturated heterocycles. The lowest BCUT2D eigenvalue weighted by atomic mass is 10.2. The third-order valence-corrected chi connectivity index (χ3v) is 6.38. The van der Waals surface area contributed by atoms with Gasteiger partial charge in [-0.25, -0.2) is 12.8 Å². The molecule has 0 aromatic heterocycles. The Kier molecular flexibility index (Phi) is 6.97. The molecule has 0 fully saturated rings. The van der Waals surface area contributed by atoms with E-state index in [1.807, 2.05) is 0 Å². The van der Waals surface area contributed by atoms with Crippen LogP contribution >= 0.6 is 23.2 Å². The topological polar surface area (TPSA) is 66.5 Å². The SMILES string of the molecule is O=C(CN(c1cc(Cl)cc(Cl)c1)S(=O)(=O)c1ccccc1)NCc1ccc(F)cc1. The standard InChI is InChI=1S/C21H17Cl2FN2O3S/c22-16-10-17(23)12-19(11-16)26(30(28,29)20-4-2-1-3-5-20)14-21(27)25-13-15-6-8-18(24)9-7-15/h1-12H,13-14H2,(H,25,27). The number of sulfonamides is 1. The van der Waals surface area contributed by atoms with Crippen LogP contribution < -0.4 is 9.62 Å². The molecule has 1 amide bonds. The Labute approximate surface area is 184 Å². The zero-order chi connectivity index (χ0) is 21.7. The van der Waals surface area contributed by atoms with E-state index in [4.69, 9.17) is 23.2 Å². The van der Waals surface area contributed by atoms with Gasteiger partial charge < -0.3 is 5.32 Å². The molecule has 0 aliphatic rings. The van der Waals surface area contributed by atoms with Gasteiger partial charge in [-0.2, -0.15) is 0 Å². The largest absolute Gasteiger partial charge is 0.350 e. The molecule has 156 valence electrons. The van der Waals surface area contributed by atoms with Crippen LogP contribution in [0.15, 0.2) is 77.7 Å². The van der Waals surface area contributed by atoms with E-state index in [9.17, 15) is 17.6 Å². The molecule has 0 saturated carbocycles. The molecule has 0 spiro atoms. The zero-order valence-corrected chi connectivity index (χ0v) is 17.9. The number of rotatable bonds is 7. The van der Waals surface area contributed by atoms with Gasteiger partial charge in [-0.1, -0.05) is 53.5 Å². The molecule has 3 rings (SSSR count). The van der Waals surface area contributed by atoms with Gasteiger partial charge in [0.05, 0.1) is 10.6 Å². The molecule has 1 N–H and O–H groups in total. The highest BCUT2D eigenvalue weighted by Crippen LogP contribution is 2.29. The minimum atomic E-state index is -4.07. The van der Waals surface area contributed by atoms with Gasteiger partial charge in [-0.15, -0.1) is 0 Å². The number of hydrogen-bond donors (Lipinski definition) is 1. The van der Waals surface area contributed by atoms with Gasteiger partial charge in [-0.3, -0.25) is 9.10 Å². The molecule has 0 heterocycles. The minimum Gasteiger partial charge on any atom is -0.350 e. The van der Waals surface area contributed by atoms with Crippen molar-refractivity contribution in [2.75, 3.05) is 10.8 Å². The molecule has 0 bridgehead atoms. The van der Waals surface area contributed by atoms with Gasteiger partial charge in [0.15, 0.2) is 0 Å². The van der Waals surface area contributed by atoms with Crippen LogP contribution in [-0.2, 0) is 21.4 Å². The van der Waals surface area contributed by atoms with Gasteiger partial charge in [0.25, 0.3) is 10.0 Å². The summed E-state index contributed by atoms with van der Waals surface area (Å²) >= 11 is 12.1. The van der Waals surface area contributed by atoms with E-state index in [0.717, 1.165) is 4.31 Å². The van der Waals surface area contributed by atoms with E-state index in [1.165, 1.54) is 54.6 Å². The smallest absolute Gasteiger partial charge is 0.264 e. The molecule has 3 aromatic rings. The second kappa shape index (κ2) is 9.47. The van der Waals surface area contributed by atoms with Gasteiger partial charge in [0.1, 0.15) is 12.4 Å². The summed E-state index contributed by atoms with van der Waals surface area (Å²) in [4.78, 5) is 12.6. The minimum absolute atomic E-state index is 0.0208. The van der Waals surface area contributed by atoms with Crippen molar-refractivity contribution >= 4 is 44.8 Å². The maximum Gasteiger partial charge on any atom is 0.264 e. The van der Waals surface area contributed by atoms with Crippen molar-refractivity contribution in [3.05, 3.63) is 94.2 Å². The van der Waals surface area contributed by atoms with Crippen LogP contribution in [0.1, 0.15) is 5.56 Å². The highest BCUT2D eigenvalue weighted by molar-refractivity contribution is 7.92. The lowest BCUT2D eigenvalue weighted by Crippen LogP contribution is -2.40. The van der Waals surface area contributed by atoms with E-state index < -0.39 is 22.5 Å². The van der Waals surface area contributed by atoms with Crippen LogP contribution in [0.3, 0.4) is 0 Å². The van der Waals surface area contributed by atoms with E-state index in [0.29, 0.717) is 5.56 Å². The van der Waals surface area contributed by atoms with Crippen molar-refractivity contribution < 1.29 is 17.6 Å². The molecule has 5 nitrogen and oxygen atoms in total. The van der Waals surface area contributed by atoms with Crippen molar-refractivity contribution in [3.8, 4) is 0 Å². The third-order valence-electron chi connectivity index (χ3n) is 4.16. The molecule has 0 aliphatic carbocycles. The first-order valence-corrected chi connectivity index (χ1v) is 11.0. The molecule has 3 aromatic carbocycles. The molecule has 0 radical (unpaired) electrons. The number of anilines is 1. The van der Waals surface area contributed by atoms with Crippen molar-refractivity contribution in [2.24, 2.45) is 0 Å². The van der Waals surface area contributed by atoms with Crippen LogP contribution in [0.5, 0.6) is 0 Å². The number of halogens is 3. The average molecular weight is 467 g/mol. The molecule has 9 heteroatoms. The Morgan fingerprint density at radius 2 is 1.53 bits per heavy atom. The molecular formula is C21H17Cl2FN2O3S. The predicted molar refractivity (Wildman–Crippen MR) is 116 cm³/mol. The van der Waals surface area contributed by atoms with Crippen molar-refractivity contribution in [1.29, 1.82) is 0 Å². The number of carbonyl (C=O) groups excluding carboxylic acids is 1. The first kappa shape index (κ1) is 22.1. The highest BCUT2D eigenvalue weighted by atomic mass is 35.5. The second-order valence-electron chi connectivity index (χ2n) is 6.36. The van der Waals surface area contributed by atoms with Crippen molar-refractivity contribution in [2.45, 2.75) is 11.4 Å². The molecule has 0 aliphatic heterocycles. The Hall–Kier alpha value is -2.61. The molecule has 0 atom stereocenters. The highest BCUT2D eigenvalue weighted by Gasteiger charge is 2.27. The maximum absolute atomic E-state index is 13.2. The van der Waals surface area contributed by atoms with Gasteiger partial charge in [-0.05, 0) is 48.0 Å². The fourth-order valence-electron chi connectivity index (χ4n) is 2.71. The molecule has 30 heavy (non-hydrogen) atoms. The van der Waals surface area contributed by atoms with Crippen LogP contribution in [-0.4, -0.2) is 20.9 Å². The van der Waals surface area contributed by atoms with Gasteiger partial charge >= 0.3 is 0 Å². The average Bonchev–Trinajstić information content (AvgIpc) is 2.71. The zero-order valence-electron chi connectivity index (χ0n) is 15.6. The summed E-state index contributed by atoms with van der Waals surface area (Å²) in [6.45, 7) is -0.371. The summed E-state index contributed by atoms with van der Waals surface area (Å²) < 4.78 is 40.4.